The first-order valence-corrected chi connectivity index (χ1v) is 6.08. The van der Waals surface area contributed by atoms with Crippen molar-refractivity contribution in [1.29, 1.82) is 0 Å². The third-order valence-electron chi connectivity index (χ3n) is 3.96. The topological polar surface area (TPSA) is 43.8 Å². The average molecular weight is 228 g/mol. The SMILES string of the molecule is CCN1CCC(N(C)C(C)(C)C(=O)O)CC1. The van der Waals surface area contributed by atoms with Crippen molar-refractivity contribution in [2.75, 3.05) is 26.7 Å². The van der Waals surface area contributed by atoms with Crippen molar-refractivity contribution in [3.8, 4) is 0 Å². The van der Waals surface area contributed by atoms with E-state index >= 15 is 0 Å². The van der Waals surface area contributed by atoms with Gasteiger partial charge in [0.1, 0.15) is 5.54 Å². The summed E-state index contributed by atoms with van der Waals surface area (Å²) in [4.78, 5) is 15.6. The third kappa shape index (κ3) is 2.74. The van der Waals surface area contributed by atoms with E-state index in [1.54, 1.807) is 13.8 Å². The molecular formula is C12H24N2O2. The molecule has 1 rings (SSSR count). The van der Waals surface area contributed by atoms with Gasteiger partial charge in [-0.2, -0.15) is 0 Å². The summed E-state index contributed by atoms with van der Waals surface area (Å²) in [7, 11) is 1.93. The maximum atomic E-state index is 11.2. The maximum Gasteiger partial charge on any atom is 0.323 e. The average Bonchev–Trinajstić information content (AvgIpc) is 2.28. The highest BCUT2D eigenvalue weighted by molar-refractivity contribution is 5.77. The van der Waals surface area contributed by atoms with Crippen molar-refractivity contribution in [2.24, 2.45) is 0 Å². The lowest BCUT2D eigenvalue weighted by Gasteiger charge is -2.42. The first kappa shape index (κ1) is 13.5. The molecule has 0 bridgehead atoms. The number of nitrogens with zero attached hydrogens (tertiary/aromatic N) is 2. The molecule has 0 radical (unpaired) electrons. The van der Waals surface area contributed by atoms with Crippen LogP contribution in [0.15, 0.2) is 0 Å². The van der Waals surface area contributed by atoms with Crippen LogP contribution in [0.3, 0.4) is 0 Å². The number of hydrogen-bond acceptors (Lipinski definition) is 3. The van der Waals surface area contributed by atoms with Gasteiger partial charge in [-0.05, 0) is 53.4 Å². The van der Waals surface area contributed by atoms with Crippen molar-refractivity contribution in [3.05, 3.63) is 0 Å². The minimum Gasteiger partial charge on any atom is -0.480 e. The molecule has 1 heterocycles. The summed E-state index contributed by atoms with van der Waals surface area (Å²) in [6.07, 6.45) is 2.14. The highest BCUT2D eigenvalue weighted by Crippen LogP contribution is 2.23. The Morgan fingerprint density at radius 2 is 1.94 bits per heavy atom. The first-order valence-electron chi connectivity index (χ1n) is 6.08. The molecule has 0 aromatic carbocycles. The number of likely N-dealkylation sites (tertiary alicyclic amines) is 1. The minimum atomic E-state index is -0.765. The Bertz CT molecular complexity index is 245. The van der Waals surface area contributed by atoms with Crippen LogP contribution in [0.4, 0.5) is 0 Å². The predicted octanol–water partition coefficient (Wildman–Crippen LogP) is 1.27. The number of likely N-dealkylation sites (N-methyl/N-ethyl adjacent to an activating group) is 1. The third-order valence-corrected chi connectivity index (χ3v) is 3.96. The fourth-order valence-corrected chi connectivity index (χ4v) is 2.23. The van der Waals surface area contributed by atoms with Crippen LogP contribution >= 0.6 is 0 Å². The molecule has 0 aromatic rings. The van der Waals surface area contributed by atoms with Crippen LogP contribution in [0.1, 0.15) is 33.6 Å². The molecule has 0 atom stereocenters. The second kappa shape index (κ2) is 5.15. The van der Waals surface area contributed by atoms with E-state index in [0.717, 1.165) is 32.5 Å². The second-order valence-electron chi connectivity index (χ2n) is 5.14. The molecule has 4 heteroatoms. The van der Waals surface area contributed by atoms with Gasteiger partial charge in [-0.25, -0.2) is 0 Å². The van der Waals surface area contributed by atoms with Crippen LogP contribution in [-0.2, 0) is 4.79 Å². The van der Waals surface area contributed by atoms with E-state index in [-0.39, 0.29) is 0 Å². The van der Waals surface area contributed by atoms with Gasteiger partial charge in [-0.3, -0.25) is 9.69 Å². The van der Waals surface area contributed by atoms with Gasteiger partial charge in [-0.15, -0.1) is 0 Å². The van der Waals surface area contributed by atoms with Gasteiger partial charge in [0.2, 0.25) is 0 Å². The highest BCUT2D eigenvalue weighted by atomic mass is 16.4. The molecule has 0 aromatic heterocycles. The predicted molar refractivity (Wildman–Crippen MR) is 64.6 cm³/mol. The number of carbonyl (C=O) groups is 1. The van der Waals surface area contributed by atoms with Gasteiger partial charge in [-0.1, -0.05) is 6.92 Å². The van der Waals surface area contributed by atoms with Crippen molar-refractivity contribution < 1.29 is 9.90 Å². The smallest absolute Gasteiger partial charge is 0.323 e. The Morgan fingerprint density at radius 1 is 1.44 bits per heavy atom. The Hall–Kier alpha value is -0.610. The van der Waals surface area contributed by atoms with Crippen molar-refractivity contribution >= 4 is 5.97 Å². The molecule has 1 fully saturated rings. The summed E-state index contributed by atoms with van der Waals surface area (Å²) in [5.41, 5.74) is -0.765. The summed E-state index contributed by atoms with van der Waals surface area (Å²) < 4.78 is 0. The molecule has 1 N–H and O–H groups in total. The lowest BCUT2D eigenvalue weighted by atomic mass is 9.96. The van der Waals surface area contributed by atoms with Gasteiger partial charge in [0.15, 0.2) is 0 Å². The molecule has 4 nitrogen and oxygen atoms in total. The van der Waals surface area contributed by atoms with Crippen LogP contribution in [0, 0.1) is 0 Å². The fourth-order valence-electron chi connectivity index (χ4n) is 2.23. The number of hydrogen-bond donors (Lipinski definition) is 1. The van der Waals surface area contributed by atoms with Crippen molar-refractivity contribution in [2.45, 2.75) is 45.2 Å². The molecule has 1 aliphatic heterocycles. The molecule has 0 saturated carbocycles. The fraction of sp³-hybridized carbons (Fsp3) is 0.917. The quantitative estimate of drug-likeness (QED) is 0.787. The van der Waals surface area contributed by atoms with E-state index in [4.69, 9.17) is 0 Å². The van der Waals surface area contributed by atoms with Gasteiger partial charge in [0.25, 0.3) is 0 Å². The standard InChI is InChI=1S/C12H24N2O2/c1-5-14-8-6-10(7-9-14)13(4)12(2,3)11(15)16/h10H,5-9H2,1-4H3,(H,15,16). The molecule has 94 valence electrons. The number of piperidine rings is 1. The normalized spacial score (nSPS) is 20.3. The van der Waals surface area contributed by atoms with Crippen LogP contribution in [-0.4, -0.2) is 59.1 Å². The first-order chi connectivity index (χ1) is 7.39. The van der Waals surface area contributed by atoms with E-state index in [1.165, 1.54) is 0 Å². The van der Waals surface area contributed by atoms with Gasteiger partial charge < -0.3 is 10.0 Å². The zero-order valence-corrected chi connectivity index (χ0v) is 10.9. The highest BCUT2D eigenvalue weighted by Gasteiger charge is 2.37. The van der Waals surface area contributed by atoms with Crippen LogP contribution in [0.25, 0.3) is 0 Å². The van der Waals surface area contributed by atoms with Crippen LogP contribution in [0.2, 0.25) is 0 Å². The molecule has 0 unspecified atom stereocenters. The van der Waals surface area contributed by atoms with Gasteiger partial charge in [0.05, 0.1) is 0 Å². The van der Waals surface area contributed by atoms with E-state index in [2.05, 4.69) is 11.8 Å². The van der Waals surface area contributed by atoms with E-state index in [0.29, 0.717) is 6.04 Å². The monoisotopic (exact) mass is 228 g/mol. The Morgan fingerprint density at radius 3 is 2.31 bits per heavy atom. The molecule has 1 saturated heterocycles. The van der Waals surface area contributed by atoms with Crippen LogP contribution in [0.5, 0.6) is 0 Å². The second-order valence-corrected chi connectivity index (χ2v) is 5.14. The molecule has 0 aliphatic carbocycles. The largest absolute Gasteiger partial charge is 0.480 e. The summed E-state index contributed by atoms with van der Waals surface area (Å²) in [6.45, 7) is 9.00. The number of rotatable bonds is 4. The Balaban J connectivity index is 2.56. The molecule has 1 aliphatic rings. The van der Waals surface area contributed by atoms with E-state index < -0.39 is 11.5 Å². The van der Waals surface area contributed by atoms with Gasteiger partial charge in [0, 0.05) is 6.04 Å². The summed E-state index contributed by atoms with van der Waals surface area (Å²) in [5.74, 6) is -0.743. The number of carboxylic acid groups (broad SMARTS) is 1. The molecule has 0 spiro atoms. The number of aliphatic carboxylic acids is 1. The van der Waals surface area contributed by atoms with Gasteiger partial charge >= 0.3 is 5.97 Å². The maximum absolute atomic E-state index is 11.2. The Labute approximate surface area is 98.2 Å². The lowest BCUT2D eigenvalue weighted by Crippen LogP contribution is -2.55. The minimum absolute atomic E-state index is 0.397. The summed E-state index contributed by atoms with van der Waals surface area (Å²) >= 11 is 0. The molecule has 16 heavy (non-hydrogen) atoms. The molecular weight excluding hydrogens is 204 g/mol. The van der Waals surface area contributed by atoms with Crippen LogP contribution < -0.4 is 0 Å². The molecule has 0 amide bonds. The van der Waals surface area contributed by atoms with Crippen molar-refractivity contribution in [1.82, 2.24) is 9.80 Å². The summed E-state index contributed by atoms with van der Waals surface area (Å²) in [5, 5.41) is 9.19. The number of carboxylic acids is 1. The zero-order chi connectivity index (χ0) is 12.3. The van der Waals surface area contributed by atoms with E-state index in [9.17, 15) is 9.90 Å². The van der Waals surface area contributed by atoms with E-state index in [1.807, 2.05) is 11.9 Å². The Kier molecular flexibility index (Phi) is 4.33. The summed E-state index contributed by atoms with van der Waals surface area (Å²) in [6, 6.07) is 0.397. The zero-order valence-electron chi connectivity index (χ0n) is 10.9. The lowest BCUT2D eigenvalue weighted by molar-refractivity contribution is -0.150. The van der Waals surface area contributed by atoms with Crippen molar-refractivity contribution in [3.63, 3.8) is 0 Å².